The van der Waals surface area contributed by atoms with E-state index in [1.807, 2.05) is 12.1 Å². The van der Waals surface area contributed by atoms with E-state index in [2.05, 4.69) is 146 Å². The molecule has 1 aliphatic carbocycles. The summed E-state index contributed by atoms with van der Waals surface area (Å²) in [5.74, 6) is 1.83. The normalized spacial score (nSPS) is 15.8. The van der Waals surface area contributed by atoms with Gasteiger partial charge in [-0.15, -0.1) is 0 Å². The summed E-state index contributed by atoms with van der Waals surface area (Å²) in [7, 11) is 0. The molecular formula is C42H28O. The first kappa shape index (κ1) is 24.2. The lowest BCUT2D eigenvalue weighted by Gasteiger charge is -2.28. The molecule has 9 rings (SSSR count). The molecule has 0 amide bonds. The molecule has 0 spiro atoms. The van der Waals surface area contributed by atoms with Crippen molar-refractivity contribution >= 4 is 10.8 Å². The molecule has 1 nitrogen and oxygen atoms in total. The summed E-state index contributed by atoms with van der Waals surface area (Å²) in [5, 5.41) is 2.39. The van der Waals surface area contributed by atoms with Crippen molar-refractivity contribution in [3.8, 4) is 56.0 Å². The Bertz CT molecular complexity index is 2230. The van der Waals surface area contributed by atoms with Crippen LogP contribution in [0.15, 0.2) is 152 Å². The van der Waals surface area contributed by atoms with Gasteiger partial charge < -0.3 is 4.74 Å². The molecule has 0 saturated carbocycles. The first-order valence-corrected chi connectivity index (χ1v) is 14.9. The van der Waals surface area contributed by atoms with E-state index in [1.54, 1.807) is 0 Å². The highest BCUT2D eigenvalue weighted by Gasteiger charge is 2.41. The highest BCUT2D eigenvalue weighted by Crippen LogP contribution is 2.55. The van der Waals surface area contributed by atoms with E-state index in [9.17, 15) is 0 Å². The summed E-state index contributed by atoms with van der Waals surface area (Å²) in [6.07, 6.45) is 0. The average molecular weight is 549 g/mol. The number of fused-ring (bicyclic) bond motifs is 5. The molecular weight excluding hydrogens is 520 g/mol. The summed E-state index contributed by atoms with van der Waals surface area (Å²) in [5.41, 5.74) is 13.8. The molecule has 0 bridgehead atoms. The van der Waals surface area contributed by atoms with Crippen LogP contribution in [0.4, 0.5) is 0 Å². The Morgan fingerprint density at radius 3 is 1.98 bits per heavy atom. The lowest BCUT2D eigenvalue weighted by atomic mass is 9.74. The van der Waals surface area contributed by atoms with Crippen LogP contribution < -0.4 is 4.74 Å². The molecule has 7 aromatic carbocycles. The molecule has 1 unspecified atom stereocenters. The number of para-hydroxylation sites is 1. The molecule has 0 radical (unpaired) electrons. The quantitative estimate of drug-likeness (QED) is 0.213. The predicted molar refractivity (Wildman–Crippen MR) is 178 cm³/mol. The van der Waals surface area contributed by atoms with Crippen molar-refractivity contribution in [2.24, 2.45) is 0 Å². The lowest BCUT2D eigenvalue weighted by Crippen LogP contribution is -2.22. The minimum absolute atomic E-state index is 0.215. The van der Waals surface area contributed by atoms with Crippen molar-refractivity contribution in [2.45, 2.75) is 12.3 Å². The summed E-state index contributed by atoms with van der Waals surface area (Å²) in [6, 6.07) is 55.0. The molecule has 0 saturated heterocycles. The fourth-order valence-electron chi connectivity index (χ4n) is 7.55. The van der Waals surface area contributed by atoms with Gasteiger partial charge in [0.1, 0.15) is 11.5 Å². The van der Waals surface area contributed by atoms with Gasteiger partial charge in [-0.3, -0.25) is 0 Å². The number of rotatable bonds is 3. The molecule has 1 heteroatoms. The highest BCUT2D eigenvalue weighted by molar-refractivity contribution is 6.10. The van der Waals surface area contributed by atoms with Crippen molar-refractivity contribution in [3.63, 3.8) is 0 Å². The zero-order chi connectivity index (χ0) is 28.5. The van der Waals surface area contributed by atoms with E-state index in [0.717, 1.165) is 17.1 Å². The van der Waals surface area contributed by atoms with Gasteiger partial charge in [-0.2, -0.15) is 0 Å². The number of hydrogen-bond acceptors (Lipinski definition) is 1. The Kier molecular flexibility index (Phi) is 5.10. The van der Waals surface area contributed by atoms with Crippen LogP contribution in [0.2, 0.25) is 0 Å². The van der Waals surface area contributed by atoms with Gasteiger partial charge >= 0.3 is 0 Å². The average Bonchev–Trinajstić information content (AvgIpc) is 3.35. The van der Waals surface area contributed by atoms with Crippen molar-refractivity contribution in [1.82, 2.24) is 0 Å². The standard InChI is InChI=1S/C42H28O/c1-42(29-14-3-2-4-15-29)36-21-7-5-17-35(36)40-31(18-11-22-37(40)42)28-13-9-12-27(26-28)30-24-25-39-41-33(30)19-10-20-34(41)32-16-6-8-23-38(32)43-39/h2-26H,1H3. The van der Waals surface area contributed by atoms with Gasteiger partial charge in [-0.1, -0.05) is 133 Å². The van der Waals surface area contributed by atoms with E-state index < -0.39 is 0 Å². The molecule has 0 aromatic heterocycles. The maximum Gasteiger partial charge on any atom is 0.135 e. The monoisotopic (exact) mass is 548 g/mol. The highest BCUT2D eigenvalue weighted by atomic mass is 16.5. The lowest BCUT2D eigenvalue weighted by molar-refractivity contribution is 0.487. The fraction of sp³-hybridized carbons (Fsp3) is 0.0476. The van der Waals surface area contributed by atoms with Crippen LogP contribution in [-0.4, -0.2) is 0 Å². The van der Waals surface area contributed by atoms with Crippen LogP contribution in [0.3, 0.4) is 0 Å². The molecule has 2 aliphatic rings. The van der Waals surface area contributed by atoms with Gasteiger partial charge in [0.2, 0.25) is 0 Å². The van der Waals surface area contributed by atoms with Gasteiger partial charge in [0, 0.05) is 16.4 Å². The van der Waals surface area contributed by atoms with Crippen molar-refractivity contribution < 1.29 is 4.74 Å². The molecule has 43 heavy (non-hydrogen) atoms. The molecule has 202 valence electrons. The Morgan fingerprint density at radius 1 is 0.442 bits per heavy atom. The second-order valence-electron chi connectivity index (χ2n) is 11.8. The largest absolute Gasteiger partial charge is 0.456 e. The number of ether oxygens (including phenoxy) is 1. The van der Waals surface area contributed by atoms with Gasteiger partial charge in [0.05, 0.1) is 0 Å². The Hall–Kier alpha value is -5.40. The second-order valence-corrected chi connectivity index (χ2v) is 11.8. The minimum atomic E-state index is -0.215. The van der Waals surface area contributed by atoms with E-state index in [0.29, 0.717) is 0 Å². The Balaban J connectivity index is 1.24. The van der Waals surface area contributed by atoms with E-state index in [4.69, 9.17) is 4.74 Å². The summed E-state index contributed by atoms with van der Waals surface area (Å²) in [6.45, 7) is 2.38. The Labute approximate surface area is 251 Å². The SMILES string of the molecule is CC1(c2ccccc2)c2ccccc2-c2c(-c3cccc(-c4ccc5c6c(cccc46)-c4ccccc4O5)c3)cccc21. The molecule has 0 N–H and O–H groups in total. The summed E-state index contributed by atoms with van der Waals surface area (Å²) >= 11 is 0. The molecule has 1 heterocycles. The van der Waals surface area contributed by atoms with Crippen molar-refractivity contribution in [2.75, 3.05) is 0 Å². The molecule has 1 atom stereocenters. The molecule has 1 aliphatic heterocycles. The number of hydrogen-bond donors (Lipinski definition) is 0. The first-order valence-electron chi connectivity index (χ1n) is 14.9. The van der Waals surface area contributed by atoms with Crippen LogP contribution in [0, 0.1) is 0 Å². The summed E-state index contributed by atoms with van der Waals surface area (Å²) < 4.78 is 6.37. The van der Waals surface area contributed by atoms with Gasteiger partial charge in [0.25, 0.3) is 0 Å². The topological polar surface area (TPSA) is 9.23 Å². The first-order chi connectivity index (χ1) is 21.2. The fourth-order valence-corrected chi connectivity index (χ4v) is 7.55. The third kappa shape index (κ3) is 3.40. The van der Waals surface area contributed by atoms with Crippen LogP contribution in [-0.2, 0) is 5.41 Å². The van der Waals surface area contributed by atoms with Gasteiger partial charge in [-0.05, 0) is 86.1 Å². The van der Waals surface area contributed by atoms with Gasteiger partial charge in [-0.25, -0.2) is 0 Å². The van der Waals surface area contributed by atoms with E-state index in [-0.39, 0.29) is 5.41 Å². The summed E-state index contributed by atoms with van der Waals surface area (Å²) in [4.78, 5) is 0. The van der Waals surface area contributed by atoms with Crippen LogP contribution in [0.1, 0.15) is 23.6 Å². The molecule has 0 fully saturated rings. The zero-order valence-electron chi connectivity index (χ0n) is 23.8. The van der Waals surface area contributed by atoms with Gasteiger partial charge in [0.15, 0.2) is 0 Å². The van der Waals surface area contributed by atoms with Crippen LogP contribution >= 0.6 is 0 Å². The third-order valence-corrected chi connectivity index (χ3v) is 9.57. The van der Waals surface area contributed by atoms with Crippen LogP contribution in [0.5, 0.6) is 11.5 Å². The smallest absolute Gasteiger partial charge is 0.135 e. The predicted octanol–water partition coefficient (Wildman–Crippen LogP) is 11.3. The maximum atomic E-state index is 6.37. The van der Waals surface area contributed by atoms with Crippen LogP contribution in [0.25, 0.3) is 55.3 Å². The number of benzene rings is 7. The zero-order valence-corrected chi connectivity index (χ0v) is 23.8. The van der Waals surface area contributed by atoms with E-state index >= 15 is 0 Å². The third-order valence-electron chi connectivity index (χ3n) is 9.57. The minimum Gasteiger partial charge on any atom is -0.456 e. The van der Waals surface area contributed by atoms with Crippen molar-refractivity contribution in [1.29, 1.82) is 0 Å². The van der Waals surface area contributed by atoms with Crippen molar-refractivity contribution in [3.05, 3.63) is 168 Å². The van der Waals surface area contributed by atoms with E-state index in [1.165, 1.54) is 66.4 Å². The second kappa shape index (κ2) is 9.05. The maximum absolute atomic E-state index is 6.37. The molecule has 7 aromatic rings. The Morgan fingerprint density at radius 2 is 1.09 bits per heavy atom.